The molecule has 1 N–H and O–H groups in total. The van der Waals surface area contributed by atoms with Crippen LogP contribution in [0, 0.1) is 5.82 Å². The summed E-state index contributed by atoms with van der Waals surface area (Å²) in [6, 6.07) is 12.8. The third-order valence-electron chi connectivity index (χ3n) is 4.37. The van der Waals surface area contributed by atoms with Gasteiger partial charge in [0.25, 0.3) is 5.91 Å². The van der Waals surface area contributed by atoms with Crippen LogP contribution in [0.5, 0.6) is 5.75 Å². The van der Waals surface area contributed by atoms with Gasteiger partial charge in [0.2, 0.25) is 0 Å². The van der Waals surface area contributed by atoms with Crippen molar-refractivity contribution in [2.75, 3.05) is 13.7 Å². The molecule has 0 aliphatic rings. The molecule has 1 amide bonds. The van der Waals surface area contributed by atoms with Gasteiger partial charge in [-0.2, -0.15) is 5.10 Å². The van der Waals surface area contributed by atoms with Crippen molar-refractivity contribution in [2.45, 2.75) is 20.0 Å². The monoisotopic (exact) mass is 411 g/mol. The molecular formula is C22H22FN3O4. The van der Waals surface area contributed by atoms with Crippen LogP contribution in [0.3, 0.4) is 0 Å². The van der Waals surface area contributed by atoms with Crippen LogP contribution in [0.15, 0.2) is 54.7 Å². The molecule has 0 aliphatic carbocycles. The van der Waals surface area contributed by atoms with Crippen LogP contribution in [-0.4, -0.2) is 41.4 Å². The summed E-state index contributed by atoms with van der Waals surface area (Å²) in [5, 5.41) is 7.11. The Morgan fingerprint density at radius 3 is 2.60 bits per heavy atom. The number of carbonyl (C=O) groups is 2. The Balaban J connectivity index is 2.01. The number of methoxy groups -OCH3 is 1. The third kappa shape index (κ3) is 4.65. The van der Waals surface area contributed by atoms with Crippen molar-refractivity contribution in [3.05, 3.63) is 66.1 Å². The highest BCUT2D eigenvalue weighted by Crippen LogP contribution is 2.27. The highest BCUT2D eigenvalue weighted by molar-refractivity contribution is 5.97. The second-order valence-electron chi connectivity index (χ2n) is 6.49. The van der Waals surface area contributed by atoms with Gasteiger partial charge in [0.05, 0.1) is 12.8 Å². The number of esters is 1. The van der Waals surface area contributed by atoms with Crippen LogP contribution in [0.1, 0.15) is 24.2 Å². The zero-order valence-corrected chi connectivity index (χ0v) is 16.9. The van der Waals surface area contributed by atoms with Gasteiger partial charge in [-0.3, -0.25) is 4.79 Å². The van der Waals surface area contributed by atoms with E-state index in [2.05, 4.69) is 10.4 Å². The number of hydrogen-bond donors (Lipinski definition) is 1. The average Bonchev–Trinajstić information content (AvgIpc) is 3.20. The van der Waals surface area contributed by atoms with Gasteiger partial charge in [0, 0.05) is 18.3 Å². The zero-order valence-electron chi connectivity index (χ0n) is 16.9. The smallest absolute Gasteiger partial charge is 0.342 e. The molecule has 0 unspecified atom stereocenters. The lowest BCUT2D eigenvalue weighted by Crippen LogP contribution is -2.35. The third-order valence-corrected chi connectivity index (χ3v) is 4.37. The Morgan fingerprint density at radius 2 is 1.93 bits per heavy atom. The van der Waals surface area contributed by atoms with E-state index in [1.807, 2.05) is 0 Å². The summed E-state index contributed by atoms with van der Waals surface area (Å²) in [5.41, 5.74) is 1.72. The second kappa shape index (κ2) is 9.21. The number of amides is 1. The molecule has 30 heavy (non-hydrogen) atoms. The number of nitrogens with one attached hydrogen (secondary N) is 1. The Labute approximate surface area is 173 Å². The molecule has 0 saturated heterocycles. The summed E-state index contributed by atoms with van der Waals surface area (Å²) in [6.45, 7) is 3.71. The predicted molar refractivity (Wildman–Crippen MR) is 109 cm³/mol. The lowest BCUT2D eigenvalue weighted by molar-refractivity contribution is -0.128. The summed E-state index contributed by atoms with van der Waals surface area (Å²) in [4.78, 5) is 24.8. The van der Waals surface area contributed by atoms with Crippen LogP contribution >= 0.6 is 0 Å². The van der Waals surface area contributed by atoms with E-state index >= 15 is 0 Å². The number of carbonyl (C=O) groups excluding carboxylic acids is 2. The SMILES string of the molecule is CCNC(=O)[C@@H](C)OC(=O)c1cn(-c2ccc(F)cc2)nc1-c1cccc(OC)c1. The molecule has 0 spiro atoms. The largest absolute Gasteiger partial charge is 0.497 e. The lowest BCUT2D eigenvalue weighted by Gasteiger charge is -2.12. The maximum atomic E-state index is 13.3. The van der Waals surface area contributed by atoms with Crippen molar-refractivity contribution in [2.24, 2.45) is 0 Å². The number of likely N-dealkylation sites (N-methyl/N-ethyl adjacent to an activating group) is 1. The minimum absolute atomic E-state index is 0.170. The van der Waals surface area contributed by atoms with Gasteiger partial charge in [-0.15, -0.1) is 0 Å². The van der Waals surface area contributed by atoms with Crippen LogP contribution in [0.2, 0.25) is 0 Å². The van der Waals surface area contributed by atoms with E-state index in [0.29, 0.717) is 29.2 Å². The Bertz CT molecular complexity index is 1050. The standard InChI is InChI=1S/C22H22FN3O4/c1-4-24-21(27)14(2)30-22(28)19-13-26(17-10-8-16(23)9-11-17)25-20(19)15-6-5-7-18(12-15)29-3/h5-14H,4H2,1-3H3,(H,24,27)/t14-/m1/s1. The van der Waals surface area contributed by atoms with Crippen molar-refractivity contribution in [1.29, 1.82) is 0 Å². The number of benzene rings is 2. The van der Waals surface area contributed by atoms with Gasteiger partial charge in [-0.25, -0.2) is 13.9 Å². The minimum Gasteiger partial charge on any atom is -0.497 e. The van der Waals surface area contributed by atoms with Crippen molar-refractivity contribution >= 4 is 11.9 Å². The summed E-state index contributed by atoms with van der Waals surface area (Å²) < 4.78 is 25.4. The molecule has 0 bridgehead atoms. The number of ether oxygens (including phenoxy) is 2. The number of rotatable bonds is 7. The molecule has 7 nitrogen and oxygen atoms in total. The molecule has 0 radical (unpaired) electrons. The number of nitrogens with zero attached hydrogens (tertiary/aromatic N) is 2. The number of halogens is 1. The van der Waals surface area contributed by atoms with Gasteiger partial charge in [-0.05, 0) is 50.2 Å². The topological polar surface area (TPSA) is 82.5 Å². The molecule has 156 valence electrons. The highest BCUT2D eigenvalue weighted by Gasteiger charge is 2.24. The van der Waals surface area contributed by atoms with Crippen molar-refractivity contribution in [1.82, 2.24) is 15.1 Å². The van der Waals surface area contributed by atoms with Crippen LogP contribution in [0.25, 0.3) is 16.9 Å². The molecule has 8 heteroatoms. The summed E-state index contributed by atoms with van der Waals surface area (Å²) in [6.07, 6.45) is 0.527. The van der Waals surface area contributed by atoms with E-state index in [9.17, 15) is 14.0 Å². The maximum absolute atomic E-state index is 13.3. The van der Waals surface area contributed by atoms with Crippen molar-refractivity contribution in [3.63, 3.8) is 0 Å². The average molecular weight is 411 g/mol. The molecule has 1 atom stereocenters. The van der Waals surface area contributed by atoms with Gasteiger partial charge in [-0.1, -0.05) is 12.1 Å². The maximum Gasteiger partial charge on any atom is 0.342 e. The first kappa shape index (κ1) is 21.0. The Hall–Kier alpha value is -3.68. The summed E-state index contributed by atoms with van der Waals surface area (Å²) >= 11 is 0. The van der Waals surface area contributed by atoms with Crippen LogP contribution in [0.4, 0.5) is 4.39 Å². The van der Waals surface area contributed by atoms with Crippen molar-refractivity contribution < 1.29 is 23.5 Å². The molecule has 1 aromatic heterocycles. The van der Waals surface area contributed by atoms with Gasteiger partial charge >= 0.3 is 5.97 Å². The van der Waals surface area contributed by atoms with E-state index in [1.165, 1.54) is 29.9 Å². The first-order valence-corrected chi connectivity index (χ1v) is 9.41. The molecule has 3 aromatic rings. The minimum atomic E-state index is -0.968. The van der Waals surface area contributed by atoms with Gasteiger partial charge in [0.15, 0.2) is 6.10 Å². The fourth-order valence-corrected chi connectivity index (χ4v) is 2.83. The quantitative estimate of drug-likeness (QED) is 0.603. The molecule has 2 aromatic carbocycles. The Morgan fingerprint density at radius 1 is 1.20 bits per heavy atom. The number of aromatic nitrogens is 2. The van der Waals surface area contributed by atoms with Gasteiger partial charge < -0.3 is 14.8 Å². The molecule has 1 heterocycles. The van der Waals surface area contributed by atoms with E-state index in [-0.39, 0.29) is 17.3 Å². The lowest BCUT2D eigenvalue weighted by atomic mass is 10.1. The predicted octanol–water partition coefficient (Wildman–Crippen LogP) is 3.37. The normalized spacial score (nSPS) is 11.6. The fourth-order valence-electron chi connectivity index (χ4n) is 2.83. The highest BCUT2D eigenvalue weighted by atomic mass is 19.1. The Kier molecular flexibility index (Phi) is 6.46. The summed E-state index contributed by atoms with van der Waals surface area (Å²) in [7, 11) is 1.54. The van der Waals surface area contributed by atoms with E-state index < -0.39 is 12.1 Å². The van der Waals surface area contributed by atoms with Gasteiger partial charge in [0.1, 0.15) is 22.8 Å². The molecule has 0 aliphatic heterocycles. The van der Waals surface area contributed by atoms with E-state index in [0.717, 1.165) is 0 Å². The van der Waals surface area contributed by atoms with Crippen LogP contribution < -0.4 is 10.1 Å². The van der Waals surface area contributed by atoms with E-state index in [4.69, 9.17) is 9.47 Å². The molecule has 3 rings (SSSR count). The second-order valence-corrected chi connectivity index (χ2v) is 6.49. The van der Waals surface area contributed by atoms with Crippen LogP contribution in [-0.2, 0) is 9.53 Å². The first-order chi connectivity index (χ1) is 14.4. The molecule has 0 fully saturated rings. The number of hydrogen-bond acceptors (Lipinski definition) is 5. The first-order valence-electron chi connectivity index (χ1n) is 9.41. The molecular weight excluding hydrogens is 389 g/mol. The zero-order chi connectivity index (χ0) is 21.7. The van der Waals surface area contributed by atoms with E-state index in [1.54, 1.807) is 50.4 Å². The molecule has 0 saturated carbocycles. The fraction of sp³-hybridized carbons (Fsp3) is 0.227. The van der Waals surface area contributed by atoms with Crippen molar-refractivity contribution in [3.8, 4) is 22.7 Å². The summed E-state index contributed by atoms with van der Waals surface area (Å²) in [5.74, 6) is -0.868.